The van der Waals surface area contributed by atoms with Gasteiger partial charge in [0.05, 0.1) is 18.9 Å². The van der Waals surface area contributed by atoms with Gasteiger partial charge in [0.2, 0.25) is 11.8 Å². The summed E-state index contributed by atoms with van der Waals surface area (Å²) in [4.78, 5) is 18.1. The second kappa shape index (κ2) is 5.33. The average Bonchev–Trinajstić information content (AvgIpc) is 2.85. The quantitative estimate of drug-likeness (QED) is 0.837. The van der Waals surface area contributed by atoms with Crippen LogP contribution in [0.2, 0.25) is 0 Å². The Morgan fingerprint density at radius 3 is 3.10 bits per heavy atom. The van der Waals surface area contributed by atoms with Crippen molar-refractivity contribution >= 4 is 17.4 Å². The monoisotopic (exact) mass is 291 g/mol. The number of carboxylic acids is 1. The third-order valence-corrected chi connectivity index (χ3v) is 3.72. The minimum absolute atomic E-state index is 0.156. The molecule has 3 heterocycles. The second-order valence-corrected chi connectivity index (χ2v) is 5.18. The lowest BCUT2D eigenvalue weighted by molar-refractivity contribution is -0.757. The molecule has 2 aromatic heterocycles. The first-order chi connectivity index (χ1) is 10.1. The summed E-state index contributed by atoms with van der Waals surface area (Å²) < 4.78 is 9.13. The standard InChI is InChI=1S/C14H18N4O3/c1-3-17-9-11(14(19)20)13-15-12(4-5-18(13)17)16-6-7-21-10(2)8-16/h4-5,9-10H,3,6-8H2,1-2H3/p+1/t10-/m0/s1. The first-order valence-corrected chi connectivity index (χ1v) is 7.12. The lowest BCUT2D eigenvalue weighted by Gasteiger charge is -2.31. The second-order valence-electron chi connectivity index (χ2n) is 5.18. The number of hydrogen-bond donors (Lipinski definition) is 1. The van der Waals surface area contributed by atoms with Crippen LogP contribution in [-0.2, 0) is 11.3 Å². The SMILES string of the molecule is CC[n+]1cc(C(=O)O)c2nc(N3CCO[C@@H](C)C3)ccn21. The molecule has 1 aliphatic heterocycles. The van der Waals surface area contributed by atoms with Gasteiger partial charge in [-0.15, -0.1) is 9.20 Å². The van der Waals surface area contributed by atoms with Crippen molar-refractivity contribution in [2.75, 3.05) is 24.6 Å². The van der Waals surface area contributed by atoms with E-state index in [1.807, 2.05) is 30.8 Å². The molecule has 0 unspecified atom stereocenters. The number of aromatic nitrogens is 3. The summed E-state index contributed by atoms with van der Waals surface area (Å²) in [5, 5.41) is 9.33. The van der Waals surface area contributed by atoms with Crippen LogP contribution in [0.15, 0.2) is 18.5 Å². The molecule has 0 amide bonds. The maximum atomic E-state index is 11.4. The van der Waals surface area contributed by atoms with Crippen LogP contribution in [0.4, 0.5) is 5.82 Å². The summed E-state index contributed by atoms with van der Waals surface area (Å²) in [6.07, 6.45) is 3.65. The van der Waals surface area contributed by atoms with E-state index >= 15 is 0 Å². The van der Waals surface area contributed by atoms with Gasteiger partial charge in [0.15, 0.2) is 12.1 Å². The van der Waals surface area contributed by atoms with E-state index in [1.54, 1.807) is 10.7 Å². The van der Waals surface area contributed by atoms with Crippen LogP contribution in [0.3, 0.4) is 0 Å². The van der Waals surface area contributed by atoms with Crippen LogP contribution in [0, 0.1) is 0 Å². The molecule has 1 saturated heterocycles. The topological polar surface area (TPSA) is 71.0 Å². The summed E-state index contributed by atoms with van der Waals surface area (Å²) in [6, 6.07) is 1.92. The zero-order valence-corrected chi connectivity index (χ0v) is 12.2. The number of morpholine rings is 1. The number of carbonyl (C=O) groups is 1. The van der Waals surface area contributed by atoms with Crippen LogP contribution >= 0.6 is 0 Å². The third kappa shape index (κ3) is 2.44. The van der Waals surface area contributed by atoms with Gasteiger partial charge in [0.1, 0.15) is 5.82 Å². The van der Waals surface area contributed by atoms with Crippen molar-refractivity contribution in [3.8, 4) is 0 Å². The Morgan fingerprint density at radius 2 is 2.43 bits per heavy atom. The maximum absolute atomic E-state index is 11.4. The van der Waals surface area contributed by atoms with Gasteiger partial charge < -0.3 is 14.7 Å². The Labute approximate surface area is 122 Å². The number of nitrogens with zero attached hydrogens (tertiary/aromatic N) is 4. The summed E-state index contributed by atoms with van der Waals surface area (Å²) in [5.74, 6) is -0.166. The molecule has 1 fully saturated rings. The molecule has 2 aromatic rings. The fourth-order valence-electron chi connectivity index (χ4n) is 2.66. The number of hydrogen-bond acceptors (Lipinski definition) is 4. The van der Waals surface area contributed by atoms with E-state index < -0.39 is 5.97 Å². The molecular weight excluding hydrogens is 272 g/mol. The highest BCUT2D eigenvalue weighted by Gasteiger charge is 2.24. The first kappa shape index (κ1) is 13.8. The number of anilines is 1. The molecule has 1 N–H and O–H groups in total. The molecular formula is C14H19N4O3+. The Morgan fingerprint density at radius 1 is 1.62 bits per heavy atom. The summed E-state index contributed by atoms with van der Waals surface area (Å²) in [7, 11) is 0. The minimum Gasteiger partial charge on any atom is -0.477 e. The van der Waals surface area contributed by atoms with Crippen molar-refractivity contribution in [1.29, 1.82) is 0 Å². The van der Waals surface area contributed by atoms with Gasteiger partial charge in [-0.1, -0.05) is 0 Å². The predicted octanol–water partition coefficient (Wildman–Crippen LogP) is 0.565. The van der Waals surface area contributed by atoms with Gasteiger partial charge in [-0.2, -0.15) is 0 Å². The highest BCUT2D eigenvalue weighted by molar-refractivity contribution is 5.93. The van der Waals surface area contributed by atoms with Crippen molar-refractivity contribution in [3.63, 3.8) is 0 Å². The lowest BCUT2D eigenvalue weighted by Crippen LogP contribution is -2.42. The van der Waals surface area contributed by atoms with Crippen molar-refractivity contribution in [2.24, 2.45) is 0 Å². The van der Waals surface area contributed by atoms with Crippen LogP contribution in [0.5, 0.6) is 0 Å². The van der Waals surface area contributed by atoms with Gasteiger partial charge in [-0.3, -0.25) is 0 Å². The van der Waals surface area contributed by atoms with Crippen molar-refractivity contribution in [2.45, 2.75) is 26.5 Å². The Bertz CT molecular complexity index is 682. The number of aromatic carboxylic acids is 1. The molecule has 0 spiro atoms. The van der Waals surface area contributed by atoms with Crippen molar-refractivity contribution in [3.05, 3.63) is 24.0 Å². The summed E-state index contributed by atoms with van der Waals surface area (Å²) >= 11 is 0. The average molecular weight is 291 g/mol. The molecule has 0 bridgehead atoms. The first-order valence-electron chi connectivity index (χ1n) is 7.12. The number of carboxylic acid groups (broad SMARTS) is 1. The van der Waals surface area contributed by atoms with Gasteiger partial charge in [0, 0.05) is 19.2 Å². The molecule has 7 heteroatoms. The molecule has 7 nitrogen and oxygen atoms in total. The highest BCUT2D eigenvalue weighted by Crippen LogP contribution is 2.17. The lowest BCUT2D eigenvalue weighted by atomic mass is 10.3. The fourth-order valence-corrected chi connectivity index (χ4v) is 2.66. The molecule has 1 atom stereocenters. The fraction of sp³-hybridized carbons (Fsp3) is 0.500. The van der Waals surface area contributed by atoms with E-state index in [1.165, 1.54) is 0 Å². The van der Waals surface area contributed by atoms with Gasteiger partial charge >= 0.3 is 5.97 Å². The molecule has 0 aliphatic carbocycles. The number of aryl methyl sites for hydroxylation is 1. The molecule has 0 radical (unpaired) electrons. The number of rotatable bonds is 3. The van der Waals surface area contributed by atoms with Gasteiger partial charge in [-0.05, 0) is 13.8 Å². The number of fused-ring (bicyclic) bond motifs is 1. The molecule has 0 saturated carbocycles. The Balaban J connectivity index is 2.06. The summed E-state index contributed by atoms with van der Waals surface area (Å²) in [5.41, 5.74) is 0.695. The van der Waals surface area contributed by atoms with E-state index in [2.05, 4.69) is 9.88 Å². The van der Waals surface area contributed by atoms with E-state index in [4.69, 9.17) is 4.74 Å². The van der Waals surface area contributed by atoms with Crippen molar-refractivity contribution in [1.82, 2.24) is 9.50 Å². The largest absolute Gasteiger partial charge is 0.477 e. The van der Waals surface area contributed by atoms with E-state index in [0.717, 1.165) is 18.9 Å². The predicted molar refractivity (Wildman–Crippen MR) is 75.6 cm³/mol. The smallest absolute Gasteiger partial charge is 0.345 e. The molecule has 1 aliphatic rings. The van der Waals surface area contributed by atoms with Crippen LogP contribution in [-0.4, -0.2) is 46.4 Å². The van der Waals surface area contributed by atoms with Crippen LogP contribution < -0.4 is 9.58 Å². The maximum Gasteiger partial charge on any atom is 0.345 e. The van der Waals surface area contributed by atoms with Crippen molar-refractivity contribution < 1.29 is 19.3 Å². The van der Waals surface area contributed by atoms with Gasteiger partial charge in [0.25, 0.3) is 0 Å². The van der Waals surface area contributed by atoms with E-state index in [-0.39, 0.29) is 11.7 Å². The van der Waals surface area contributed by atoms with Gasteiger partial charge in [-0.25, -0.2) is 9.78 Å². The molecule has 0 aromatic carbocycles. The Kier molecular flexibility index (Phi) is 3.50. The summed E-state index contributed by atoms with van der Waals surface area (Å²) in [6.45, 7) is 6.87. The minimum atomic E-state index is -0.959. The Hall–Kier alpha value is -2.15. The third-order valence-electron chi connectivity index (χ3n) is 3.72. The zero-order chi connectivity index (χ0) is 15.0. The molecule has 21 heavy (non-hydrogen) atoms. The van der Waals surface area contributed by atoms with Crippen LogP contribution in [0.1, 0.15) is 24.2 Å². The number of ether oxygens (including phenoxy) is 1. The molecule has 112 valence electrons. The highest BCUT2D eigenvalue weighted by atomic mass is 16.5. The van der Waals surface area contributed by atoms with E-state index in [9.17, 15) is 9.90 Å². The van der Waals surface area contributed by atoms with E-state index in [0.29, 0.717) is 18.8 Å². The zero-order valence-electron chi connectivity index (χ0n) is 12.2. The molecule has 3 rings (SSSR count). The van der Waals surface area contributed by atoms with Crippen LogP contribution in [0.25, 0.3) is 5.65 Å². The normalized spacial score (nSPS) is 19.1.